The first-order valence-corrected chi connectivity index (χ1v) is 6.81. The first kappa shape index (κ1) is 15.6. The van der Waals surface area contributed by atoms with E-state index in [9.17, 15) is 13.2 Å². The predicted octanol–water partition coefficient (Wildman–Crippen LogP) is 2.02. The zero-order valence-corrected chi connectivity index (χ0v) is 11.7. The molecule has 0 aliphatic carbocycles. The number of nitrogens with zero attached hydrogens (tertiary/aromatic N) is 1. The Labute approximate surface area is 121 Å². The van der Waals surface area contributed by atoms with Gasteiger partial charge in [0, 0.05) is 19.1 Å². The number of hydrogen-bond donors (Lipinski definition) is 3. The van der Waals surface area contributed by atoms with Gasteiger partial charge in [0.25, 0.3) is 0 Å². The van der Waals surface area contributed by atoms with Gasteiger partial charge in [-0.15, -0.1) is 0 Å². The second kappa shape index (κ2) is 5.93. The molecule has 1 aromatic carbocycles. The maximum absolute atomic E-state index is 13.3. The van der Waals surface area contributed by atoms with Gasteiger partial charge in [-0.05, 0) is 17.5 Å². The molecule has 0 bridgehead atoms. The SMILES string of the molecule is CCc1cccc(C(NC2CN(C(=N)N)C2)C(F)(F)F)c1. The highest BCUT2D eigenvalue weighted by Crippen LogP contribution is 2.34. The molecule has 1 aromatic rings. The van der Waals surface area contributed by atoms with Crippen LogP contribution in [0.5, 0.6) is 0 Å². The lowest BCUT2D eigenvalue weighted by atomic mass is 10.00. The Morgan fingerprint density at radius 2 is 2.14 bits per heavy atom. The van der Waals surface area contributed by atoms with Crippen LogP contribution >= 0.6 is 0 Å². The molecule has 0 spiro atoms. The fraction of sp³-hybridized carbons (Fsp3) is 0.500. The van der Waals surface area contributed by atoms with Crippen molar-refractivity contribution in [2.24, 2.45) is 5.73 Å². The van der Waals surface area contributed by atoms with Crippen molar-refractivity contribution in [1.29, 1.82) is 5.41 Å². The van der Waals surface area contributed by atoms with Crippen LogP contribution in [0.3, 0.4) is 0 Å². The number of benzene rings is 1. The van der Waals surface area contributed by atoms with Crippen LogP contribution in [0.15, 0.2) is 24.3 Å². The van der Waals surface area contributed by atoms with Crippen molar-refractivity contribution >= 4 is 5.96 Å². The molecule has 1 aliphatic rings. The number of likely N-dealkylation sites (tertiary alicyclic amines) is 1. The lowest BCUT2D eigenvalue weighted by Crippen LogP contribution is -2.62. The number of aryl methyl sites for hydroxylation is 1. The molecular weight excluding hydrogens is 281 g/mol. The number of nitrogens with one attached hydrogen (secondary N) is 2. The molecule has 1 atom stereocenters. The van der Waals surface area contributed by atoms with Gasteiger partial charge in [0.1, 0.15) is 6.04 Å². The average Bonchev–Trinajstić information content (AvgIpc) is 2.35. The van der Waals surface area contributed by atoms with E-state index in [-0.39, 0.29) is 17.6 Å². The van der Waals surface area contributed by atoms with E-state index >= 15 is 0 Å². The second-order valence-electron chi connectivity index (χ2n) is 5.23. The first-order valence-electron chi connectivity index (χ1n) is 6.81. The van der Waals surface area contributed by atoms with E-state index in [4.69, 9.17) is 11.1 Å². The molecular formula is C14H19F3N4. The third-order valence-electron chi connectivity index (χ3n) is 3.64. The fourth-order valence-electron chi connectivity index (χ4n) is 2.39. The van der Waals surface area contributed by atoms with E-state index in [0.717, 1.165) is 5.56 Å². The van der Waals surface area contributed by atoms with E-state index in [1.807, 2.05) is 13.0 Å². The van der Waals surface area contributed by atoms with Gasteiger partial charge in [-0.1, -0.05) is 31.2 Å². The Bertz CT molecular complexity index is 509. The Kier molecular flexibility index (Phi) is 4.41. The highest BCUT2D eigenvalue weighted by Gasteiger charge is 2.43. The highest BCUT2D eigenvalue weighted by molar-refractivity contribution is 5.75. The number of halogens is 3. The molecule has 0 saturated carbocycles. The van der Waals surface area contributed by atoms with Gasteiger partial charge in [-0.3, -0.25) is 10.7 Å². The summed E-state index contributed by atoms with van der Waals surface area (Å²) in [5.74, 6) is -0.107. The highest BCUT2D eigenvalue weighted by atomic mass is 19.4. The molecule has 1 saturated heterocycles. The summed E-state index contributed by atoms with van der Waals surface area (Å²) >= 11 is 0. The van der Waals surface area contributed by atoms with Crippen LogP contribution < -0.4 is 11.1 Å². The van der Waals surface area contributed by atoms with Crippen LogP contribution in [0.25, 0.3) is 0 Å². The normalized spacial score (nSPS) is 17.4. The summed E-state index contributed by atoms with van der Waals surface area (Å²) in [7, 11) is 0. The largest absolute Gasteiger partial charge is 0.407 e. The van der Waals surface area contributed by atoms with Crippen LogP contribution in [0.1, 0.15) is 24.1 Å². The van der Waals surface area contributed by atoms with E-state index in [1.54, 1.807) is 12.1 Å². The summed E-state index contributed by atoms with van der Waals surface area (Å²) in [6, 6.07) is 4.54. The summed E-state index contributed by atoms with van der Waals surface area (Å²) in [6.07, 6.45) is -3.66. The molecule has 7 heteroatoms. The Balaban J connectivity index is 2.11. The first-order chi connectivity index (χ1) is 9.81. The molecule has 116 valence electrons. The molecule has 2 rings (SSSR count). The molecule has 0 aromatic heterocycles. The summed E-state index contributed by atoms with van der Waals surface area (Å²) in [5, 5.41) is 9.84. The number of nitrogens with two attached hydrogens (primary N) is 1. The Morgan fingerprint density at radius 1 is 1.48 bits per heavy atom. The summed E-state index contributed by atoms with van der Waals surface area (Å²) in [5.41, 5.74) is 6.39. The topological polar surface area (TPSA) is 65.1 Å². The maximum Gasteiger partial charge on any atom is 0.407 e. The van der Waals surface area contributed by atoms with Gasteiger partial charge >= 0.3 is 6.18 Å². The lowest BCUT2D eigenvalue weighted by Gasteiger charge is -2.42. The van der Waals surface area contributed by atoms with Crippen LogP contribution in [0.4, 0.5) is 13.2 Å². The molecule has 4 nitrogen and oxygen atoms in total. The molecule has 1 unspecified atom stereocenters. The fourth-order valence-corrected chi connectivity index (χ4v) is 2.39. The third kappa shape index (κ3) is 3.66. The Morgan fingerprint density at radius 3 is 2.67 bits per heavy atom. The molecule has 21 heavy (non-hydrogen) atoms. The third-order valence-corrected chi connectivity index (χ3v) is 3.64. The van der Waals surface area contributed by atoms with Crippen molar-refractivity contribution in [2.75, 3.05) is 13.1 Å². The van der Waals surface area contributed by atoms with Gasteiger partial charge in [-0.2, -0.15) is 13.2 Å². The maximum atomic E-state index is 13.3. The van der Waals surface area contributed by atoms with Crippen molar-refractivity contribution < 1.29 is 13.2 Å². The minimum Gasteiger partial charge on any atom is -0.370 e. The molecule has 0 amide bonds. The van der Waals surface area contributed by atoms with Crippen molar-refractivity contribution in [2.45, 2.75) is 31.6 Å². The van der Waals surface area contributed by atoms with E-state index < -0.39 is 12.2 Å². The molecule has 0 radical (unpaired) electrons. The van der Waals surface area contributed by atoms with Crippen molar-refractivity contribution in [3.63, 3.8) is 0 Å². The van der Waals surface area contributed by atoms with Gasteiger partial charge in [0.05, 0.1) is 0 Å². The van der Waals surface area contributed by atoms with Crippen LogP contribution in [0, 0.1) is 5.41 Å². The zero-order valence-electron chi connectivity index (χ0n) is 11.7. The predicted molar refractivity (Wildman–Crippen MR) is 75.0 cm³/mol. The molecule has 1 heterocycles. The summed E-state index contributed by atoms with van der Waals surface area (Å²) < 4.78 is 39.8. The number of rotatable bonds is 4. The van der Waals surface area contributed by atoms with E-state index in [1.165, 1.54) is 11.0 Å². The smallest absolute Gasteiger partial charge is 0.370 e. The van der Waals surface area contributed by atoms with E-state index in [0.29, 0.717) is 19.5 Å². The van der Waals surface area contributed by atoms with Gasteiger partial charge in [-0.25, -0.2) is 0 Å². The molecule has 1 fully saturated rings. The van der Waals surface area contributed by atoms with Gasteiger partial charge in [0.2, 0.25) is 0 Å². The standard InChI is InChI=1S/C14H19F3N4/c1-2-9-4-3-5-10(6-9)12(14(15,16)17)20-11-7-21(8-11)13(18)19/h3-6,11-12,20H,2,7-8H2,1H3,(H3,18,19). The Hall–Kier alpha value is -1.76. The van der Waals surface area contributed by atoms with Crippen LogP contribution in [0.2, 0.25) is 0 Å². The monoisotopic (exact) mass is 300 g/mol. The van der Waals surface area contributed by atoms with Gasteiger partial charge < -0.3 is 10.6 Å². The minimum absolute atomic E-state index is 0.107. The summed E-state index contributed by atoms with van der Waals surface area (Å²) in [4.78, 5) is 1.52. The van der Waals surface area contributed by atoms with Crippen molar-refractivity contribution in [3.05, 3.63) is 35.4 Å². The number of alkyl halides is 3. The van der Waals surface area contributed by atoms with Gasteiger partial charge in [0.15, 0.2) is 5.96 Å². The molecule has 4 N–H and O–H groups in total. The molecule has 1 aliphatic heterocycles. The average molecular weight is 300 g/mol. The van der Waals surface area contributed by atoms with Crippen molar-refractivity contribution in [3.8, 4) is 0 Å². The minimum atomic E-state index is -4.36. The van der Waals surface area contributed by atoms with Crippen molar-refractivity contribution in [1.82, 2.24) is 10.2 Å². The number of guanidine groups is 1. The number of hydrogen-bond acceptors (Lipinski definition) is 2. The lowest BCUT2D eigenvalue weighted by molar-refractivity contribution is -0.161. The van der Waals surface area contributed by atoms with Crippen LogP contribution in [-0.4, -0.2) is 36.2 Å². The zero-order chi connectivity index (χ0) is 15.6. The van der Waals surface area contributed by atoms with Crippen LogP contribution in [-0.2, 0) is 6.42 Å². The quantitative estimate of drug-likeness (QED) is 0.589. The van der Waals surface area contributed by atoms with E-state index in [2.05, 4.69) is 5.32 Å². The summed E-state index contributed by atoms with van der Waals surface area (Å²) in [6.45, 7) is 2.57. The second-order valence-corrected chi connectivity index (χ2v) is 5.23.